The zero-order valence-electron chi connectivity index (χ0n) is 9.50. The van der Waals surface area contributed by atoms with E-state index in [-0.39, 0.29) is 12.0 Å². The van der Waals surface area contributed by atoms with E-state index in [9.17, 15) is 19.0 Å². The van der Waals surface area contributed by atoms with Crippen LogP contribution >= 0.6 is 0 Å². The minimum atomic E-state index is -1.19. The van der Waals surface area contributed by atoms with Crippen LogP contribution in [-0.4, -0.2) is 21.9 Å². The Morgan fingerprint density at radius 3 is 2.24 bits per heavy atom. The third-order valence-corrected chi connectivity index (χ3v) is 3.55. The Kier molecular flexibility index (Phi) is 3.45. The van der Waals surface area contributed by atoms with Gasteiger partial charge in [-0.15, -0.1) is 0 Å². The van der Waals surface area contributed by atoms with Gasteiger partial charge in [0.1, 0.15) is 11.6 Å². The van der Waals surface area contributed by atoms with Crippen molar-refractivity contribution in [2.75, 3.05) is 0 Å². The number of hydrogen-bond acceptors (Lipinski definition) is 2. The van der Waals surface area contributed by atoms with Crippen LogP contribution in [0.25, 0.3) is 0 Å². The summed E-state index contributed by atoms with van der Waals surface area (Å²) in [4.78, 5) is 0. The fourth-order valence-corrected chi connectivity index (χ4v) is 2.43. The summed E-state index contributed by atoms with van der Waals surface area (Å²) in [5, 5.41) is 20.0. The maximum absolute atomic E-state index is 13.4. The van der Waals surface area contributed by atoms with E-state index in [1.165, 1.54) is 6.07 Å². The number of rotatable bonds is 3. The zero-order valence-corrected chi connectivity index (χ0v) is 9.50. The monoisotopic (exact) mass is 242 g/mol. The minimum absolute atomic E-state index is 0.152. The molecule has 4 heteroatoms. The van der Waals surface area contributed by atoms with Crippen molar-refractivity contribution < 1.29 is 19.0 Å². The lowest BCUT2D eigenvalue weighted by molar-refractivity contribution is -0.0694. The number of benzene rings is 1. The first-order valence-electron chi connectivity index (χ1n) is 5.86. The normalized spacial score (nSPS) is 20.5. The Morgan fingerprint density at radius 1 is 1.18 bits per heavy atom. The molecule has 94 valence electrons. The average molecular weight is 242 g/mol. The third-order valence-electron chi connectivity index (χ3n) is 3.55. The molecule has 1 aliphatic carbocycles. The van der Waals surface area contributed by atoms with Crippen LogP contribution in [0, 0.1) is 11.6 Å². The van der Waals surface area contributed by atoms with E-state index < -0.39 is 23.3 Å². The van der Waals surface area contributed by atoms with Crippen LogP contribution in [0.5, 0.6) is 0 Å². The number of aliphatic hydroxyl groups is 2. The standard InChI is InChI=1S/C13H16F2O2/c14-10-4-3-5-11(15)9(10)8-12(16)13(17)6-1-2-7-13/h3-5,12,16-17H,1-2,6-8H2. The van der Waals surface area contributed by atoms with Crippen molar-refractivity contribution in [2.24, 2.45) is 0 Å². The largest absolute Gasteiger partial charge is 0.390 e. The second-order valence-corrected chi connectivity index (χ2v) is 4.73. The molecule has 0 aliphatic heterocycles. The van der Waals surface area contributed by atoms with Gasteiger partial charge in [0.15, 0.2) is 0 Å². The smallest absolute Gasteiger partial charge is 0.129 e. The average Bonchev–Trinajstić information content (AvgIpc) is 2.72. The summed E-state index contributed by atoms with van der Waals surface area (Å²) in [6.45, 7) is 0. The molecule has 0 radical (unpaired) electrons. The quantitative estimate of drug-likeness (QED) is 0.852. The van der Waals surface area contributed by atoms with Crippen LogP contribution < -0.4 is 0 Å². The third kappa shape index (κ3) is 2.48. The van der Waals surface area contributed by atoms with Gasteiger partial charge in [-0.1, -0.05) is 18.9 Å². The first kappa shape index (κ1) is 12.5. The van der Waals surface area contributed by atoms with E-state index in [4.69, 9.17) is 0 Å². The highest BCUT2D eigenvalue weighted by Gasteiger charge is 2.38. The van der Waals surface area contributed by atoms with Crippen molar-refractivity contribution in [2.45, 2.75) is 43.8 Å². The predicted molar refractivity (Wildman–Crippen MR) is 59.5 cm³/mol. The molecule has 0 heterocycles. The number of aliphatic hydroxyl groups excluding tert-OH is 1. The SMILES string of the molecule is OC(Cc1c(F)cccc1F)C1(O)CCCC1. The lowest BCUT2D eigenvalue weighted by atomic mass is 9.90. The highest BCUT2D eigenvalue weighted by atomic mass is 19.1. The van der Waals surface area contributed by atoms with E-state index >= 15 is 0 Å². The highest BCUT2D eigenvalue weighted by Crippen LogP contribution is 2.34. The molecule has 2 rings (SSSR count). The van der Waals surface area contributed by atoms with E-state index in [1.54, 1.807) is 0 Å². The molecule has 1 aliphatic rings. The molecule has 0 saturated heterocycles. The van der Waals surface area contributed by atoms with Crippen molar-refractivity contribution >= 4 is 0 Å². The van der Waals surface area contributed by atoms with Crippen molar-refractivity contribution in [3.8, 4) is 0 Å². The Hall–Kier alpha value is -1.00. The summed E-state index contributed by atoms with van der Waals surface area (Å²) in [7, 11) is 0. The molecule has 1 aromatic rings. The van der Waals surface area contributed by atoms with Crippen LogP contribution in [0.4, 0.5) is 8.78 Å². The summed E-state index contributed by atoms with van der Waals surface area (Å²) >= 11 is 0. The summed E-state index contributed by atoms with van der Waals surface area (Å²) in [6, 6.07) is 3.60. The second-order valence-electron chi connectivity index (χ2n) is 4.73. The summed E-state index contributed by atoms with van der Waals surface area (Å²) < 4.78 is 26.8. The second kappa shape index (κ2) is 4.70. The number of halogens is 2. The maximum atomic E-state index is 13.4. The molecule has 1 unspecified atom stereocenters. The molecule has 1 saturated carbocycles. The molecule has 1 fully saturated rings. The summed E-state index contributed by atoms with van der Waals surface area (Å²) in [5.41, 5.74) is -1.34. The van der Waals surface area contributed by atoms with E-state index in [0.717, 1.165) is 25.0 Å². The molecule has 0 spiro atoms. The van der Waals surface area contributed by atoms with Crippen molar-refractivity contribution in [1.29, 1.82) is 0 Å². The Bertz CT molecular complexity index is 380. The molecule has 0 bridgehead atoms. The van der Waals surface area contributed by atoms with Gasteiger partial charge in [-0.3, -0.25) is 0 Å². The van der Waals surface area contributed by atoms with Gasteiger partial charge in [-0.2, -0.15) is 0 Å². The van der Waals surface area contributed by atoms with Gasteiger partial charge in [0.25, 0.3) is 0 Å². The van der Waals surface area contributed by atoms with Gasteiger partial charge < -0.3 is 10.2 Å². The van der Waals surface area contributed by atoms with Crippen molar-refractivity contribution in [3.05, 3.63) is 35.4 Å². The molecular formula is C13H16F2O2. The topological polar surface area (TPSA) is 40.5 Å². The fourth-order valence-electron chi connectivity index (χ4n) is 2.43. The van der Waals surface area contributed by atoms with Crippen LogP contribution in [0.15, 0.2) is 18.2 Å². The Labute approximate surface area is 98.9 Å². The first-order chi connectivity index (χ1) is 8.03. The van der Waals surface area contributed by atoms with Gasteiger partial charge in [0.2, 0.25) is 0 Å². The number of hydrogen-bond donors (Lipinski definition) is 2. The van der Waals surface area contributed by atoms with Gasteiger partial charge >= 0.3 is 0 Å². The van der Waals surface area contributed by atoms with Gasteiger partial charge in [0, 0.05) is 12.0 Å². The molecule has 1 aromatic carbocycles. The summed E-state index contributed by atoms with van der Waals surface area (Å²) in [5.74, 6) is -1.35. The summed E-state index contributed by atoms with van der Waals surface area (Å²) in [6.07, 6.45) is 1.36. The Morgan fingerprint density at radius 2 is 1.71 bits per heavy atom. The van der Waals surface area contributed by atoms with Crippen LogP contribution in [0.2, 0.25) is 0 Å². The van der Waals surface area contributed by atoms with Crippen molar-refractivity contribution in [3.63, 3.8) is 0 Å². The predicted octanol–water partition coefficient (Wildman–Crippen LogP) is 2.17. The lowest BCUT2D eigenvalue weighted by Gasteiger charge is -2.28. The van der Waals surface area contributed by atoms with Crippen LogP contribution in [0.3, 0.4) is 0 Å². The molecule has 1 atom stereocenters. The fraction of sp³-hybridized carbons (Fsp3) is 0.538. The minimum Gasteiger partial charge on any atom is -0.390 e. The highest BCUT2D eigenvalue weighted by molar-refractivity contribution is 5.21. The van der Waals surface area contributed by atoms with Gasteiger partial charge in [-0.25, -0.2) is 8.78 Å². The van der Waals surface area contributed by atoms with Crippen LogP contribution in [0.1, 0.15) is 31.2 Å². The molecule has 0 aromatic heterocycles. The molecule has 2 N–H and O–H groups in total. The van der Waals surface area contributed by atoms with E-state index in [1.807, 2.05) is 0 Å². The van der Waals surface area contributed by atoms with Crippen LogP contribution in [-0.2, 0) is 6.42 Å². The molecule has 2 nitrogen and oxygen atoms in total. The van der Waals surface area contributed by atoms with Gasteiger partial charge in [0.05, 0.1) is 11.7 Å². The molecule has 17 heavy (non-hydrogen) atoms. The zero-order chi connectivity index (χ0) is 12.5. The molecule has 0 amide bonds. The maximum Gasteiger partial charge on any atom is 0.129 e. The Balaban J connectivity index is 2.15. The molecular weight excluding hydrogens is 226 g/mol. The van der Waals surface area contributed by atoms with E-state index in [2.05, 4.69) is 0 Å². The van der Waals surface area contributed by atoms with E-state index in [0.29, 0.717) is 12.8 Å². The van der Waals surface area contributed by atoms with Crippen molar-refractivity contribution in [1.82, 2.24) is 0 Å². The lowest BCUT2D eigenvalue weighted by Crippen LogP contribution is -2.41. The van der Waals surface area contributed by atoms with Gasteiger partial charge in [-0.05, 0) is 25.0 Å². The first-order valence-corrected chi connectivity index (χ1v) is 5.86.